The molecule has 0 unspecified atom stereocenters. The van der Waals surface area contributed by atoms with Gasteiger partial charge in [0.25, 0.3) is 0 Å². The van der Waals surface area contributed by atoms with E-state index in [0.717, 1.165) is 13.1 Å². The first kappa shape index (κ1) is 19.2. The minimum absolute atomic E-state index is 0.0524. The van der Waals surface area contributed by atoms with Crippen molar-refractivity contribution in [3.8, 4) is 0 Å². The summed E-state index contributed by atoms with van der Waals surface area (Å²) in [7, 11) is 0. The second-order valence-corrected chi connectivity index (χ2v) is 6.74. The monoisotopic (exact) mass is 389 g/mol. The largest absolute Gasteiger partial charge is 0.375 e. The molecule has 27 heavy (non-hydrogen) atoms. The van der Waals surface area contributed by atoms with Crippen molar-refractivity contribution in [3.63, 3.8) is 0 Å². The number of nitrogens with zero attached hydrogens (tertiary/aromatic N) is 3. The normalized spacial score (nSPS) is 15.3. The fourth-order valence-corrected chi connectivity index (χ4v) is 3.10. The SMILES string of the molecule is NC(=S)NN=Cc1ccc(N2CCN(Cc3ccccc3F)CC2)c(F)c1. The Balaban J connectivity index is 1.58. The first-order valence-corrected chi connectivity index (χ1v) is 9.02. The third-order valence-corrected chi connectivity index (χ3v) is 4.52. The van der Waals surface area contributed by atoms with E-state index in [4.69, 9.17) is 5.73 Å². The van der Waals surface area contributed by atoms with Crippen molar-refractivity contribution in [1.29, 1.82) is 0 Å². The first-order chi connectivity index (χ1) is 13.0. The van der Waals surface area contributed by atoms with Crippen LogP contribution in [0.5, 0.6) is 0 Å². The van der Waals surface area contributed by atoms with Crippen LogP contribution in [0.3, 0.4) is 0 Å². The molecule has 2 aromatic carbocycles. The summed E-state index contributed by atoms with van der Waals surface area (Å²) in [5.41, 5.74) is 9.56. The zero-order valence-electron chi connectivity index (χ0n) is 14.7. The summed E-state index contributed by atoms with van der Waals surface area (Å²) in [6, 6.07) is 11.8. The number of nitrogens with two attached hydrogens (primary N) is 1. The van der Waals surface area contributed by atoms with Crippen molar-refractivity contribution in [2.24, 2.45) is 10.8 Å². The second-order valence-electron chi connectivity index (χ2n) is 6.30. The van der Waals surface area contributed by atoms with Gasteiger partial charge >= 0.3 is 0 Å². The average Bonchev–Trinajstić information content (AvgIpc) is 2.64. The third kappa shape index (κ3) is 5.21. The molecule has 8 heteroatoms. The Labute approximate surface area is 162 Å². The lowest BCUT2D eigenvalue weighted by Crippen LogP contribution is -2.46. The highest BCUT2D eigenvalue weighted by Gasteiger charge is 2.20. The summed E-state index contributed by atoms with van der Waals surface area (Å²) in [6.07, 6.45) is 1.46. The molecule has 1 fully saturated rings. The maximum Gasteiger partial charge on any atom is 0.184 e. The van der Waals surface area contributed by atoms with E-state index in [9.17, 15) is 8.78 Å². The van der Waals surface area contributed by atoms with Crippen LogP contribution in [0.15, 0.2) is 47.6 Å². The van der Waals surface area contributed by atoms with Crippen molar-refractivity contribution in [2.45, 2.75) is 6.54 Å². The number of anilines is 1. The van der Waals surface area contributed by atoms with Gasteiger partial charge in [-0.25, -0.2) is 8.78 Å². The maximum absolute atomic E-state index is 14.5. The molecule has 1 saturated heterocycles. The van der Waals surface area contributed by atoms with Gasteiger partial charge in [0.15, 0.2) is 5.11 Å². The van der Waals surface area contributed by atoms with Crippen molar-refractivity contribution in [3.05, 3.63) is 65.2 Å². The molecule has 3 rings (SSSR count). The Hall–Kier alpha value is -2.58. The van der Waals surface area contributed by atoms with Crippen molar-refractivity contribution in [1.82, 2.24) is 10.3 Å². The highest BCUT2D eigenvalue weighted by molar-refractivity contribution is 7.80. The Morgan fingerprint density at radius 1 is 1.11 bits per heavy atom. The van der Waals surface area contributed by atoms with E-state index in [1.165, 1.54) is 18.3 Å². The molecule has 0 aliphatic carbocycles. The molecule has 0 spiro atoms. The smallest absolute Gasteiger partial charge is 0.184 e. The lowest BCUT2D eigenvalue weighted by atomic mass is 10.1. The van der Waals surface area contributed by atoms with E-state index in [-0.39, 0.29) is 16.7 Å². The van der Waals surface area contributed by atoms with E-state index in [1.54, 1.807) is 24.3 Å². The number of nitrogens with one attached hydrogen (secondary N) is 1. The number of hydrazone groups is 1. The van der Waals surface area contributed by atoms with Crippen LogP contribution in [0.4, 0.5) is 14.5 Å². The highest BCUT2D eigenvalue weighted by Crippen LogP contribution is 2.22. The molecule has 5 nitrogen and oxygen atoms in total. The summed E-state index contributed by atoms with van der Waals surface area (Å²) < 4.78 is 28.3. The molecule has 0 amide bonds. The molecule has 2 aromatic rings. The van der Waals surface area contributed by atoms with Crippen LogP contribution in [-0.4, -0.2) is 42.4 Å². The zero-order valence-corrected chi connectivity index (χ0v) is 15.6. The number of halogens is 2. The fourth-order valence-electron chi connectivity index (χ4n) is 3.04. The highest BCUT2D eigenvalue weighted by atomic mass is 32.1. The summed E-state index contributed by atoms with van der Waals surface area (Å²) >= 11 is 4.65. The standard InChI is InChI=1S/C19H21F2N5S/c20-16-4-2-1-3-15(16)13-25-7-9-26(10-8-25)18-6-5-14(11-17(18)21)12-23-24-19(22)27/h1-6,11-12H,7-10,13H2,(H3,22,24,27). The Morgan fingerprint density at radius 2 is 1.85 bits per heavy atom. The van der Waals surface area contributed by atoms with E-state index < -0.39 is 0 Å². The molecule has 0 radical (unpaired) electrons. The lowest BCUT2D eigenvalue weighted by Gasteiger charge is -2.36. The second kappa shape index (κ2) is 8.88. The van der Waals surface area contributed by atoms with Gasteiger partial charge in [0, 0.05) is 38.3 Å². The lowest BCUT2D eigenvalue weighted by molar-refractivity contribution is 0.246. The number of piperazine rings is 1. The number of thiocarbonyl (C=S) groups is 1. The molecule has 1 aliphatic rings. The van der Waals surface area contributed by atoms with Crippen LogP contribution in [0.2, 0.25) is 0 Å². The first-order valence-electron chi connectivity index (χ1n) is 8.61. The number of hydrogen-bond acceptors (Lipinski definition) is 4. The summed E-state index contributed by atoms with van der Waals surface area (Å²) in [4.78, 5) is 4.18. The predicted molar refractivity (Wildman–Crippen MR) is 108 cm³/mol. The molecular formula is C19H21F2N5S. The zero-order chi connectivity index (χ0) is 19.2. The minimum atomic E-state index is -0.308. The van der Waals surface area contributed by atoms with Gasteiger partial charge in [-0.2, -0.15) is 5.10 Å². The molecule has 0 saturated carbocycles. The third-order valence-electron chi connectivity index (χ3n) is 4.42. The van der Waals surface area contributed by atoms with E-state index in [2.05, 4.69) is 27.6 Å². The summed E-state index contributed by atoms with van der Waals surface area (Å²) in [5, 5.41) is 3.87. The van der Waals surface area contributed by atoms with Gasteiger partial charge in [0.2, 0.25) is 0 Å². The Kier molecular flexibility index (Phi) is 6.31. The van der Waals surface area contributed by atoms with Crippen molar-refractivity contribution >= 4 is 29.2 Å². The maximum atomic E-state index is 14.5. The molecule has 1 heterocycles. The van der Waals surface area contributed by atoms with Gasteiger partial charge in [-0.15, -0.1) is 0 Å². The van der Waals surface area contributed by atoms with Gasteiger partial charge in [-0.3, -0.25) is 10.3 Å². The number of rotatable bonds is 5. The van der Waals surface area contributed by atoms with Gasteiger partial charge in [0.1, 0.15) is 11.6 Å². The van der Waals surface area contributed by atoms with Gasteiger partial charge in [-0.05, 0) is 36.0 Å². The minimum Gasteiger partial charge on any atom is -0.375 e. The molecule has 0 aromatic heterocycles. The topological polar surface area (TPSA) is 56.9 Å². The van der Waals surface area contributed by atoms with Crippen LogP contribution in [0.1, 0.15) is 11.1 Å². The molecular weight excluding hydrogens is 368 g/mol. The Morgan fingerprint density at radius 3 is 2.52 bits per heavy atom. The van der Waals surface area contributed by atoms with Crippen molar-refractivity contribution < 1.29 is 8.78 Å². The Bertz CT molecular complexity index is 835. The molecule has 0 bridgehead atoms. The van der Waals surface area contributed by atoms with Crippen LogP contribution in [-0.2, 0) is 6.54 Å². The fraction of sp³-hybridized carbons (Fsp3) is 0.263. The van der Waals surface area contributed by atoms with Gasteiger partial charge in [0.05, 0.1) is 11.9 Å². The van der Waals surface area contributed by atoms with Gasteiger partial charge in [-0.1, -0.05) is 24.3 Å². The van der Waals surface area contributed by atoms with Crippen LogP contribution in [0.25, 0.3) is 0 Å². The summed E-state index contributed by atoms with van der Waals surface area (Å²) in [5.74, 6) is -0.495. The van der Waals surface area contributed by atoms with E-state index in [0.29, 0.717) is 36.4 Å². The number of benzene rings is 2. The van der Waals surface area contributed by atoms with Crippen molar-refractivity contribution in [2.75, 3.05) is 31.1 Å². The van der Waals surface area contributed by atoms with Crippen LogP contribution >= 0.6 is 12.2 Å². The number of hydrogen-bond donors (Lipinski definition) is 2. The quantitative estimate of drug-likeness (QED) is 0.467. The molecule has 142 valence electrons. The van der Waals surface area contributed by atoms with Crippen LogP contribution < -0.4 is 16.1 Å². The predicted octanol–water partition coefficient (Wildman–Crippen LogP) is 2.45. The molecule has 3 N–H and O–H groups in total. The molecule has 0 atom stereocenters. The van der Waals surface area contributed by atoms with E-state index >= 15 is 0 Å². The summed E-state index contributed by atoms with van der Waals surface area (Å²) in [6.45, 7) is 3.42. The molecule has 1 aliphatic heterocycles. The average molecular weight is 389 g/mol. The van der Waals surface area contributed by atoms with Crippen LogP contribution in [0, 0.1) is 11.6 Å². The van der Waals surface area contributed by atoms with E-state index in [1.807, 2.05) is 11.0 Å². The van der Waals surface area contributed by atoms with Gasteiger partial charge < -0.3 is 10.6 Å².